The van der Waals surface area contributed by atoms with Crippen molar-refractivity contribution in [3.8, 4) is 0 Å². The number of halogens is 1. The first kappa shape index (κ1) is 13.3. The van der Waals surface area contributed by atoms with Crippen LogP contribution >= 0.6 is 0 Å². The topological polar surface area (TPSA) is 20.3 Å². The summed E-state index contributed by atoms with van der Waals surface area (Å²) in [6, 6.07) is 13.4. The number of benzene rings is 2. The molecule has 0 bridgehead atoms. The van der Waals surface area contributed by atoms with Gasteiger partial charge in [-0.1, -0.05) is 19.1 Å². The number of aryl methyl sites for hydroxylation is 1. The molecule has 2 aromatic carbocycles. The molecular weight excluding hydrogens is 241 g/mol. The van der Waals surface area contributed by atoms with E-state index in [-0.39, 0.29) is 11.7 Å². The van der Waals surface area contributed by atoms with Crippen molar-refractivity contribution in [1.29, 1.82) is 0 Å². The van der Waals surface area contributed by atoms with Crippen molar-refractivity contribution in [1.82, 2.24) is 0 Å². The zero-order valence-corrected chi connectivity index (χ0v) is 11.1. The molecule has 1 amide bonds. The van der Waals surface area contributed by atoms with Crippen LogP contribution < -0.4 is 4.90 Å². The van der Waals surface area contributed by atoms with Crippen molar-refractivity contribution < 1.29 is 9.18 Å². The highest BCUT2D eigenvalue weighted by atomic mass is 19.1. The van der Waals surface area contributed by atoms with Crippen LogP contribution in [0, 0.1) is 5.82 Å². The molecule has 3 heteroatoms. The van der Waals surface area contributed by atoms with Crippen molar-refractivity contribution in [3.63, 3.8) is 0 Å². The molecule has 0 aliphatic carbocycles. The summed E-state index contributed by atoms with van der Waals surface area (Å²) >= 11 is 0. The van der Waals surface area contributed by atoms with E-state index >= 15 is 0 Å². The standard InChI is InChI=1S/C16H16FNO/c1-3-12-4-10-15(11-5-12)18(2)16(19)13-6-8-14(17)9-7-13/h4-11H,3H2,1-2H3. The van der Waals surface area contributed by atoms with Crippen molar-refractivity contribution >= 4 is 11.6 Å². The first-order valence-electron chi connectivity index (χ1n) is 6.24. The first-order valence-corrected chi connectivity index (χ1v) is 6.24. The van der Waals surface area contributed by atoms with Crippen LogP contribution in [0.15, 0.2) is 48.5 Å². The Hall–Kier alpha value is -2.16. The van der Waals surface area contributed by atoms with Gasteiger partial charge in [0, 0.05) is 18.3 Å². The van der Waals surface area contributed by atoms with E-state index in [1.807, 2.05) is 24.3 Å². The smallest absolute Gasteiger partial charge is 0.258 e. The number of amides is 1. The Morgan fingerprint density at radius 2 is 1.63 bits per heavy atom. The van der Waals surface area contributed by atoms with Crippen LogP contribution in [0.5, 0.6) is 0 Å². The molecule has 0 aromatic heterocycles. The fraction of sp³-hybridized carbons (Fsp3) is 0.188. The van der Waals surface area contributed by atoms with E-state index in [1.54, 1.807) is 11.9 Å². The molecular formula is C16H16FNO. The summed E-state index contributed by atoms with van der Waals surface area (Å²) in [6.45, 7) is 2.09. The summed E-state index contributed by atoms with van der Waals surface area (Å²) in [7, 11) is 1.71. The molecule has 0 atom stereocenters. The summed E-state index contributed by atoms with van der Waals surface area (Å²) in [5, 5.41) is 0. The molecule has 98 valence electrons. The lowest BCUT2D eigenvalue weighted by atomic mass is 10.1. The Morgan fingerprint density at radius 3 is 2.16 bits per heavy atom. The van der Waals surface area contributed by atoms with E-state index in [1.165, 1.54) is 29.8 Å². The van der Waals surface area contributed by atoms with Crippen LogP contribution in [0.1, 0.15) is 22.8 Å². The maximum atomic E-state index is 12.8. The SMILES string of the molecule is CCc1ccc(N(C)C(=O)c2ccc(F)cc2)cc1. The summed E-state index contributed by atoms with van der Waals surface area (Å²) in [6.07, 6.45) is 0.968. The first-order chi connectivity index (χ1) is 9.11. The minimum atomic E-state index is -0.341. The number of anilines is 1. The Bertz CT molecular complexity index is 560. The van der Waals surface area contributed by atoms with Gasteiger partial charge in [0.25, 0.3) is 5.91 Å². The normalized spacial score (nSPS) is 10.3. The third-order valence-corrected chi connectivity index (χ3v) is 3.13. The summed E-state index contributed by atoms with van der Waals surface area (Å²) in [5.74, 6) is -0.490. The van der Waals surface area contributed by atoms with E-state index in [9.17, 15) is 9.18 Å². The van der Waals surface area contributed by atoms with Crippen LogP contribution in [0.25, 0.3) is 0 Å². The second-order valence-electron chi connectivity index (χ2n) is 4.39. The van der Waals surface area contributed by atoms with Crippen LogP contribution in [0.4, 0.5) is 10.1 Å². The highest BCUT2D eigenvalue weighted by molar-refractivity contribution is 6.05. The van der Waals surface area contributed by atoms with Gasteiger partial charge in [0.05, 0.1) is 0 Å². The second kappa shape index (κ2) is 5.65. The van der Waals surface area contributed by atoms with Gasteiger partial charge < -0.3 is 4.90 Å². The lowest BCUT2D eigenvalue weighted by Crippen LogP contribution is -2.26. The Balaban J connectivity index is 2.20. The number of nitrogens with zero attached hydrogens (tertiary/aromatic N) is 1. The summed E-state index contributed by atoms with van der Waals surface area (Å²) in [5.41, 5.74) is 2.53. The highest BCUT2D eigenvalue weighted by Crippen LogP contribution is 2.17. The number of rotatable bonds is 3. The van der Waals surface area contributed by atoms with Gasteiger partial charge in [0.2, 0.25) is 0 Å². The zero-order chi connectivity index (χ0) is 13.8. The van der Waals surface area contributed by atoms with Crippen LogP contribution in [-0.4, -0.2) is 13.0 Å². The van der Waals surface area contributed by atoms with Crippen molar-refractivity contribution in [2.24, 2.45) is 0 Å². The minimum Gasteiger partial charge on any atom is -0.311 e. The molecule has 0 heterocycles. The molecule has 0 N–H and O–H groups in total. The van der Waals surface area contributed by atoms with Gasteiger partial charge in [-0.2, -0.15) is 0 Å². The lowest BCUT2D eigenvalue weighted by Gasteiger charge is -2.17. The average Bonchev–Trinajstić information content (AvgIpc) is 2.46. The fourth-order valence-electron chi connectivity index (χ4n) is 1.86. The number of carbonyl (C=O) groups is 1. The van der Waals surface area contributed by atoms with Crippen molar-refractivity contribution in [2.45, 2.75) is 13.3 Å². The molecule has 19 heavy (non-hydrogen) atoms. The van der Waals surface area contributed by atoms with Crippen LogP contribution in [0.2, 0.25) is 0 Å². The Morgan fingerprint density at radius 1 is 1.05 bits per heavy atom. The largest absolute Gasteiger partial charge is 0.311 e. The van der Waals surface area contributed by atoms with Gasteiger partial charge in [0.1, 0.15) is 5.82 Å². The van der Waals surface area contributed by atoms with Gasteiger partial charge in [-0.15, -0.1) is 0 Å². The lowest BCUT2D eigenvalue weighted by molar-refractivity contribution is 0.0993. The third kappa shape index (κ3) is 2.99. The quantitative estimate of drug-likeness (QED) is 0.821. The van der Waals surface area contributed by atoms with E-state index in [2.05, 4.69) is 6.92 Å². The molecule has 0 spiro atoms. The fourth-order valence-corrected chi connectivity index (χ4v) is 1.86. The zero-order valence-electron chi connectivity index (χ0n) is 11.1. The van der Waals surface area contributed by atoms with E-state index in [4.69, 9.17) is 0 Å². The number of hydrogen-bond donors (Lipinski definition) is 0. The van der Waals surface area contributed by atoms with Crippen molar-refractivity contribution in [3.05, 3.63) is 65.5 Å². The van der Waals surface area contributed by atoms with E-state index in [0.29, 0.717) is 5.56 Å². The highest BCUT2D eigenvalue weighted by Gasteiger charge is 2.13. The molecule has 0 radical (unpaired) electrons. The Kier molecular flexibility index (Phi) is 3.95. The maximum Gasteiger partial charge on any atom is 0.258 e. The molecule has 0 aliphatic rings. The monoisotopic (exact) mass is 257 g/mol. The maximum absolute atomic E-state index is 12.8. The molecule has 2 rings (SSSR count). The molecule has 2 aromatic rings. The molecule has 0 saturated carbocycles. The average molecular weight is 257 g/mol. The molecule has 0 fully saturated rings. The molecule has 0 unspecified atom stereocenters. The predicted molar refractivity (Wildman–Crippen MR) is 75.0 cm³/mol. The summed E-state index contributed by atoms with van der Waals surface area (Å²) < 4.78 is 12.8. The number of carbonyl (C=O) groups excluding carboxylic acids is 1. The van der Waals surface area contributed by atoms with Crippen molar-refractivity contribution in [2.75, 3.05) is 11.9 Å². The van der Waals surface area contributed by atoms with E-state index in [0.717, 1.165) is 12.1 Å². The van der Waals surface area contributed by atoms with E-state index < -0.39 is 0 Å². The predicted octanol–water partition coefficient (Wildman–Crippen LogP) is 3.66. The van der Waals surface area contributed by atoms with Gasteiger partial charge in [-0.25, -0.2) is 4.39 Å². The van der Waals surface area contributed by atoms with Crippen LogP contribution in [0.3, 0.4) is 0 Å². The van der Waals surface area contributed by atoms with Crippen LogP contribution in [-0.2, 0) is 6.42 Å². The molecule has 2 nitrogen and oxygen atoms in total. The minimum absolute atomic E-state index is 0.149. The van der Waals surface area contributed by atoms with Gasteiger partial charge in [-0.3, -0.25) is 4.79 Å². The number of hydrogen-bond acceptors (Lipinski definition) is 1. The third-order valence-electron chi connectivity index (χ3n) is 3.13. The van der Waals surface area contributed by atoms with Gasteiger partial charge in [0.15, 0.2) is 0 Å². The Labute approximate surface area is 112 Å². The van der Waals surface area contributed by atoms with Gasteiger partial charge >= 0.3 is 0 Å². The van der Waals surface area contributed by atoms with Gasteiger partial charge in [-0.05, 0) is 48.4 Å². The second-order valence-corrected chi connectivity index (χ2v) is 4.39. The molecule has 0 saturated heterocycles. The summed E-state index contributed by atoms with van der Waals surface area (Å²) in [4.78, 5) is 13.8. The molecule has 0 aliphatic heterocycles.